The molecule has 2 rings (SSSR count). The molecule has 1 unspecified atom stereocenters. The Bertz CT molecular complexity index is 667. The predicted molar refractivity (Wildman–Crippen MR) is 88.5 cm³/mol. The molecule has 1 aromatic rings. The number of hydrogen-bond acceptors (Lipinski definition) is 5. The van der Waals surface area contributed by atoms with Crippen LogP contribution < -0.4 is 5.32 Å². The number of amides is 1. The molecule has 0 bridgehead atoms. The van der Waals surface area contributed by atoms with Crippen molar-refractivity contribution in [3.63, 3.8) is 0 Å². The van der Waals surface area contributed by atoms with Crippen molar-refractivity contribution in [1.29, 1.82) is 0 Å². The highest BCUT2D eigenvalue weighted by atomic mass is 16.5. The first-order valence-corrected chi connectivity index (χ1v) is 8.05. The Kier molecular flexibility index (Phi) is 4.96. The van der Waals surface area contributed by atoms with E-state index in [2.05, 4.69) is 5.32 Å². The quantitative estimate of drug-likeness (QED) is 0.639. The lowest BCUT2D eigenvalue weighted by molar-refractivity contribution is -0.154. The van der Waals surface area contributed by atoms with Gasteiger partial charge in [-0.2, -0.15) is 0 Å². The Hall–Kier alpha value is -2.37. The van der Waals surface area contributed by atoms with Crippen LogP contribution in [0.1, 0.15) is 44.5 Å². The zero-order valence-corrected chi connectivity index (χ0v) is 14.5. The van der Waals surface area contributed by atoms with Crippen LogP contribution in [0.5, 0.6) is 0 Å². The second-order valence-corrected chi connectivity index (χ2v) is 6.41. The van der Waals surface area contributed by atoms with Gasteiger partial charge in [0.2, 0.25) is 5.91 Å². The fourth-order valence-electron chi connectivity index (χ4n) is 2.91. The summed E-state index contributed by atoms with van der Waals surface area (Å²) in [6, 6.07) is 6.57. The Morgan fingerprint density at radius 1 is 1.08 bits per heavy atom. The van der Waals surface area contributed by atoms with Gasteiger partial charge in [0, 0.05) is 0 Å². The van der Waals surface area contributed by atoms with Crippen LogP contribution in [0.3, 0.4) is 0 Å². The number of esters is 2. The number of carbonyl (C=O) groups excluding carboxylic acids is 3. The van der Waals surface area contributed by atoms with Gasteiger partial charge in [-0.3, -0.25) is 9.59 Å². The third kappa shape index (κ3) is 3.00. The number of para-hydroxylation sites is 1. The average Bonchev–Trinajstić information content (AvgIpc) is 3.12. The fraction of sp³-hybridized carbons (Fsp3) is 0.500. The molecule has 1 amide bonds. The minimum absolute atomic E-state index is 0.212. The maximum absolute atomic E-state index is 12.8. The van der Waals surface area contributed by atoms with Crippen LogP contribution in [0.2, 0.25) is 0 Å². The Balaban J connectivity index is 2.27. The van der Waals surface area contributed by atoms with E-state index in [0.29, 0.717) is 12.1 Å². The van der Waals surface area contributed by atoms with E-state index in [1.807, 2.05) is 13.8 Å². The minimum atomic E-state index is -1.22. The number of ether oxygens (including phenoxy) is 2. The van der Waals surface area contributed by atoms with E-state index in [4.69, 9.17) is 9.47 Å². The topological polar surface area (TPSA) is 81.7 Å². The van der Waals surface area contributed by atoms with Crippen LogP contribution in [0.4, 0.5) is 5.69 Å². The summed E-state index contributed by atoms with van der Waals surface area (Å²) in [6.45, 7) is 7.56. The first-order valence-electron chi connectivity index (χ1n) is 8.05. The molecule has 24 heavy (non-hydrogen) atoms. The van der Waals surface area contributed by atoms with E-state index in [1.54, 1.807) is 38.1 Å². The van der Waals surface area contributed by atoms with Crippen molar-refractivity contribution in [3.05, 3.63) is 29.8 Å². The first kappa shape index (κ1) is 18.0. The number of hydrogen-bond donors (Lipinski definition) is 1. The van der Waals surface area contributed by atoms with E-state index >= 15 is 0 Å². The molecule has 0 aliphatic heterocycles. The van der Waals surface area contributed by atoms with Gasteiger partial charge < -0.3 is 14.8 Å². The van der Waals surface area contributed by atoms with Gasteiger partial charge >= 0.3 is 11.9 Å². The maximum Gasteiger partial charge on any atom is 0.340 e. The number of benzene rings is 1. The molecule has 0 spiro atoms. The highest BCUT2D eigenvalue weighted by Gasteiger charge is 2.72. The summed E-state index contributed by atoms with van der Waals surface area (Å²) in [5.74, 6) is -1.50. The lowest BCUT2D eigenvalue weighted by atomic mass is 9.94. The lowest BCUT2D eigenvalue weighted by Gasteiger charge is -2.19. The first-order chi connectivity index (χ1) is 11.3. The van der Waals surface area contributed by atoms with Crippen molar-refractivity contribution in [1.82, 2.24) is 0 Å². The van der Waals surface area contributed by atoms with Gasteiger partial charge in [0.25, 0.3) is 0 Å². The molecular weight excluding hydrogens is 310 g/mol. The van der Waals surface area contributed by atoms with Crippen molar-refractivity contribution in [2.45, 2.75) is 34.1 Å². The highest BCUT2D eigenvalue weighted by molar-refractivity contribution is 6.14. The third-order valence-corrected chi connectivity index (χ3v) is 4.42. The van der Waals surface area contributed by atoms with E-state index in [0.717, 1.165) is 0 Å². The summed E-state index contributed by atoms with van der Waals surface area (Å²) in [6.07, 6.45) is 0.409. The Labute approximate surface area is 141 Å². The normalized spacial score (nSPS) is 20.8. The number of anilines is 1. The second-order valence-electron chi connectivity index (χ2n) is 6.41. The molecule has 1 aliphatic carbocycles. The number of nitrogens with one attached hydrogen (secondary N) is 1. The summed E-state index contributed by atoms with van der Waals surface area (Å²) in [7, 11) is 0. The molecule has 1 N–H and O–H groups in total. The predicted octanol–water partition coefficient (Wildman–Crippen LogP) is 2.78. The van der Waals surface area contributed by atoms with Crippen molar-refractivity contribution in [3.8, 4) is 0 Å². The van der Waals surface area contributed by atoms with Crippen LogP contribution in [-0.4, -0.2) is 31.1 Å². The standard InChI is InChI=1S/C18H23NO5/c1-5-23-14(20)12-9-7-8-10-13(12)19-15(21)18(11-17(18,3)4)16(22)24-6-2/h7-10H,5-6,11H2,1-4H3,(H,19,21). The van der Waals surface area contributed by atoms with Gasteiger partial charge in [0.1, 0.15) is 0 Å². The molecule has 1 fully saturated rings. The van der Waals surface area contributed by atoms with Crippen molar-refractivity contribution < 1.29 is 23.9 Å². The van der Waals surface area contributed by atoms with Crippen LogP contribution >= 0.6 is 0 Å². The van der Waals surface area contributed by atoms with E-state index < -0.39 is 28.7 Å². The van der Waals surface area contributed by atoms with Gasteiger partial charge in [-0.1, -0.05) is 26.0 Å². The average molecular weight is 333 g/mol. The summed E-state index contributed by atoms with van der Waals surface area (Å²) in [4.78, 5) is 37.1. The molecular formula is C18H23NO5. The number of carbonyl (C=O) groups is 3. The van der Waals surface area contributed by atoms with Crippen LogP contribution in [0, 0.1) is 10.8 Å². The van der Waals surface area contributed by atoms with Crippen LogP contribution in [0.15, 0.2) is 24.3 Å². The molecule has 1 saturated carbocycles. The summed E-state index contributed by atoms with van der Waals surface area (Å²) < 4.78 is 10.1. The van der Waals surface area contributed by atoms with Crippen molar-refractivity contribution >= 4 is 23.5 Å². The molecule has 0 radical (unpaired) electrons. The molecule has 130 valence electrons. The zero-order chi connectivity index (χ0) is 18.0. The van der Waals surface area contributed by atoms with Gasteiger partial charge in [-0.05, 0) is 37.8 Å². The van der Waals surface area contributed by atoms with Gasteiger partial charge in [0.15, 0.2) is 5.41 Å². The summed E-state index contributed by atoms with van der Waals surface area (Å²) >= 11 is 0. The zero-order valence-electron chi connectivity index (χ0n) is 14.5. The SMILES string of the molecule is CCOC(=O)c1ccccc1NC(=O)C1(C(=O)OCC)CC1(C)C. The van der Waals surface area contributed by atoms with Crippen molar-refractivity contribution in [2.24, 2.45) is 10.8 Å². The second kappa shape index (κ2) is 6.63. The monoisotopic (exact) mass is 333 g/mol. The smallest absolute Gasteiger partial charge is 0.340 e. The largest absolute Gasteiger partial charge is 0.465 e. The van der Waals surface area contributed by atoms with Crippen LogP contribution in [0.25, 0.3) is 0 Å². The van der Waals surface area contributed by atoms with Crippen LogP contribution in [-0.2, 0) is 19.1 Å². The summed E-state index contributed by atoms with van der Waals surface area (Å²) in [5, 5.41) is 2.71. The lowest BCUT2D eigenvalue weighted by Crippen LogP contribution is -2.37. The third-order valence-electron chi connectivity index (χ3n) is 4.42. The van der Waals surface area contributed by atoms with E-state index in [1.165, 1.54) is 0 Å². The molecule has 1 atom stereocenters. The molecule has 0 aromatic heterocycles. The van der Waals surface area contributed by atoms with E-state index in [-0.39, 0.29) is 18.8 Å². The van der Waals surface area contributed by atoms with E-state index in [9.17, 15) is 14.4 Å². The maximum atomic E-state index is 12.8. The Morgan fingerprint density at radius 3 is 2.21 bits per heavy atom. The van der Waals surface area contributed by atoms with Gasteiger partial charge in [0.05, 0.1) is 24.5 Å². The molecule has 0 heterocycles. The van der Waals surface area contributed by atoms with Crippen molar-refractivity contribution in [2.75, 3.05) is 18.5 Å². The highest BCUT2D eigenvalue weighted by Crippen LogP contribution is 2.64. The van der Waals surface area contributed by atoms with Gasteiger partial charge in [-0.25, -0.2) is 4.79 Å². The molecule has 1 aromatic carbocycles. The molecule has 0 saturated heterocycles. The number of rotatable bonds is 6. The molecule has 1 aliphatic rings. The summed E-state index contributed by atoms with van der Waals surface area (Å²) in [5.41, 5.74) is -1.12. The molecule has 6 heteroatoms. The molecule has 6 nitrogen and oxygen atoms in total. The fourth-order valence-corrected chi connectivity index (χ4v) is 2.91. The minimum Gasteiger partial charge on any atom is -0.465 e. The Morgan fingerprint density at radius 2 is 1.67 bits per heavy atom. The van der Waals surface area contributed by atoms with Gasteiger partial charge in [-0.15, -0.1) is 0 Å².